The zero-order chi connectivity index (χ0) is 20.0. The first-order valence-corrected chi connectivity index (χ1v) is 9.11. The molecule has 0 radical (unpaired) electrons. The van der Waals surface area contributed by atoms with Crippen LogP contribution in [-0.2, 0) is 21.4 Å². The van der Waals surface area contributed by atoms with Crippen LogP contribution in [0.2, 0.25) is 0 Å². The second-order valence-corrected chi connectivity index (χ2v) is 6.28. The third kappa shape index (κ3) is 4.84. The van der Waals surface area contributed by atoms with E-state index in [1.807, 2.05) is 52.9 Å². The number of likely N-dealkylation sites (N-methyl/N-ethyl adjacent to an activating group) is 1. The minimum absolute atomic E-state index is 0.221. The van der Waals surface area contributed by atoms with Gasteiger partial charge in [-0.15, -0.1) is 0 Å². The molecule has 1 amide bonds. The molecule has 0 aliphatic rings. The summed E-state index contributed by atoms with van der Waals surface area (Å²) in [5, 5.41) is 4.32. The lowest BCUT2D eigenvalue weighted by Gasteiger charge is -2.25. The number of esters is 1. The summed E-state index contributed by atoms with van der Waals surface area (Å²) in [5.74, 6) is -0.784. The Morgan fingerprint density at radius 3 is 2.33 bits per heavy atom. The van der Waals surface area contributed by atoms with Crippen molar-refractivity contribution in [1.82, 2.24) is 14.7 Å². The van der Waals surface area contributed by atoms with Gasteiger partial charge in [-0.2, -0.15) is 5.10 Å². The van der Waals surface area contributed by atoms with Crippen LogP contribution < -0.4 is 0 Å². The Morgan fingerprint density at radius 2 is 1.81 bits per heavy atom. The Bertz CT molecular complexity index is 821. The van der Waals surface area contributed by atoms with E-state index in [4.69, 9.17) is 4.74 Å². The molecule has 27 heavy (non-hydrogen) atoms. The molecule has 1 aromatic carbocycles. The molecule has 144 valence electrons. The molecule has 1 aromatic heterocycles. The number of rotatable bonds is 7. The molecule has 2 rings (SSSR count). The van der Waals surface area contributed by atoms with Crippen molar-refractivity contribution in [3.8, 4) is 0 Å². The van der Waals surface area contributed by atoms with Crippen LogP contribution in [0.4, 0.5) is 0 Å². The van der Waals surface area contributed by atoms with Gasteiger partial charge in [-0.05, 0) is 33.8 Å². The van der Waals surface area contributed by atoms with E-state index >= 15 is 0 Å². The Kier molecular flexibility index (Phi) is 6.93. The molecule has 0 aliphatic carbocycles. The van der Waals surface area contributed by atoms with E-state index < -0.39 is 12.1 Å². The van der Waals surface area contributed by atoms with Crippen molar-refractivity contribution in [2.75, 3.05) is 13.1 Å². The molecule has 0 spiro atoms. The van der Waals surface area contributed by atoms with E-state index in [-0.39, 0.29) is 5.91 Å². The summed E-state index contributed by atoms with van der Waals surface area (Å²) >= 11 is 0. The highest BCUT2D eigenvalue weighted by atomic mass is 16.5. The molecular formula is C21H27N3O3. The van der Waals surface area contributed by atoms with Crippen LogP contribution in [0.25, 0.3) is 6.08 Å². The molecule has 0 fully saturated rings. The summed E-state index contributed by atoms with van der Waals surface area (Å²) in [6, 6.07) is 9.09. The molecule has 6 heteroatoms. The second kappa shape index (κ2) is 9.16. The molecule has 0 bridgehead atoms. The monoisotopic (exact) mass is 369 g/mol. The van der Waals surface area contributed by atoms with Gasteiger partial charge in [-0.3, -0.25) is 9.48 Å². The minimum atomic E-state index is -0.959. The number of aromatic nitrogens is 2. The van der Waals surface area contributed by atoms with E-state index in [9.17, 15) is 9.59 Å². The molecule has 0 unspecified atom stereocenters. The van der Waals surface area contributed by atoms with Gasteiger partial charge in [0.2, 0.25) is 6.10 Å². The van der Waals surface area contributed by atoms with Gasteiger partial charge in [-0.25, -0.2) is 4.79 Å². The average molecular weight is 369 g/mol. The lowest BCUT2D eigenvalue weighted by molar-refractivity contribution is -0.157. The van der Waals surface area contributed by atoms with Crippen molar-refractivity contribution >= 4 is 18.0 Å². The third-order valence-corrected chi connectivity index (χ3v) is 4.59. The van der Waals surface area contributed by atoms with E-state index in [0.29, 0.717) is 18.7 Å². The molecule has 0 saturated carbocycles. The molecule has 0 N–H and O–H groups in total. The van der Waals surface area contributed by atoms with Crippen molar-refractivity contribution in [3.63, 3.8) is 0 Å². The lowest BCUT2D eigenvalue weighted by Crippen LogP contribution is -2.36. The number of ether oxygens (including phenoxy) is 1. The Labute approximate surface area is 160 Å². The largest absolute Gasteiger partial charge is 0.444 e. The van der Waals surface area contributed by atoms with Gasteiger partial charge in [0.25, 0.3) is 5.91 Å². The van der Waals surface area contributed by atoms with Gasteiger partial charge in [0.15, 0.2) is 0 Å². The van der Waals surface area contributed by atoms with E-state index in [1.54, 1.807) is 27.8 Å². The molecule has 0 aliphatic heterocycles. The van der Waals surface area contributed by atoms with Crippen molar-refractivity contribution in [2.24, 2.45) is 7.05 Å². The highest BCUT2D eigenvalue weighted by molar-refractivity contribution is 5.91. The number of carbonyl (C=O) groups is 2. The number of hydrogen-bond donors (Lipinski definition) is 0. The zero-order valence-corrected chi connectivity index (χ0v) is 16.6. The number of carbonyl (C=O) groups excluding carboxylic acids is 2. The highest BCUT2D eigenvalue weighted by Crippen LogP contribution is 2.21. The van der Waals surface area contributed by atoms with Gasteiger partial charge < -0.3 is 9.64 Å². The van der Waals surface area contributed by atoms with Crippen LogP contribution in [0.15, 0.2) is 36.4 Å². The summed E-state index contributed by atoms with van der Waals surface area (Å²) in [7, 11) is 1.85. The quantitative estimate of drug-likeness (QED) is 0.555. The fourth-order valence-corrected chi connectivity index (χ4v) is 2.93. The summed E-state index contributed by atoms with van der Waals surface area (Å²) in [6.45, 7) is 8.73. The van der Waals surface area contributed by atoms with Gasteiger partial charge in [0, 0.05) is 43.0 Å². The van der Waals surface area contributed by atoms with Crippen LogP contribution in [0.5, 0.6) is 0 Å². The first kappa shape index (κ1) is 20.4. The third-order valence-electron chi connectivity index (χ3n) is 4.59. The van der Waals surface area contributed by atoms with Gasteiger partial charge in [-0.1, -0.05) is 30.3 Å². The predicted octanol–water partition coefficient (Wildman–Crippen LogP) is 3.20. The fraction of sp³-hybridized carbons (Fsp3) is 0.381. The van der Waals surface area contributed by atoms with Crippen LogP contribution in [-0.4, -0.2) is 39.6 Å². The predicted molar refractivity (Wildman–Crippen MR) is 105 cm³/mol. The maximum absolute atomic E-state index is 12.8. The smallest absolute Gasteiger partial charge is 0.331 e. The first-order valence-electron chi connectivity index (χ1n) is 9.11. The minimum Gasteiger partial charge on any atom is -0.444 e. The van der Waals surface area contributed by atoms with E-state index in [0.717, 1.165) is 17.0 Å². The Hall–Kier alpha value is -2.89. The summed E-state index contributed by atoms with van der Waals surface area (Å²) in [6.07, 6.45) is 2.08. The second-order valence-electron chi connectivity index (χ2n) is 6.28. The van der Waals surface area contributed by atoms with Crippen molar-refractivity contribution in [2.45, 2.75) is 33.8 Å². The van der Waals surface area contributed by atoms with Crippen LogP contribution in [0.1, 0.15) is 42.5 Å². The van der Waals surface area contributed by atoms with Gasteiger partial charge in [0.1, 0.15) is 0 Å². The van der Waals surface area contributed by atoms with Crippen LogP contribution >= 0.6 is 0 Å². The molecule has 6 nitrogen and oxygen atoms in total. The summed E-state index contributed by atoms with van der Waals surface area (Å²) in [5.41, 5.74) is 3.32. The average Bonchev–Trinajstić information content (AvgIpc) is 2.91. The Balaban J connectivity index is 2.23. The number of nitrogens with zero attached hydrogens (tertiary/aromatic N) is 3. The number of amides is 1. The van der Waals surface area contributed by atoms with Crippen LogP contribution in [0, 0.1) is 13.8 Å². The van der Waals surface area contributed by atoms with Crippen molar-refractivity contribution in [1.29, 1.82) is 0 Å². The molecule has 2 aromatic rings. The van der Waals surface area contributed by atoms with Gasteiger partial charge >= 0.3 is 5.97 Å². The topological polar surface area (TPSA) is 64.4 Å². The maximum Gasteiger partial charge on any atom is 0.331 e. The summed E-state index contributed by atoms with van der Waals surface area (Å²) in [4.78, 5) is 26.9. The summed E-state index contributed by atoms with van der Waals surface area (Å²) < 4.78 is 7.31. The van der Waals surface area contributed by atoms with Crippen molar-refractivity contribution in [3.05, 3.63) is 58.9 Å². The van der Waals surface area contributed by atoms with Gasteiger partial charge in [0.05, 0.1) is 5.69 Å². The maximum atomic E-state index is 12.8. The van der Waals surface area contributed by atoms with Crippen molar-refractivity contribution < 1.29 is 14.3 Å². The zero-order valence-electron chi connectivity index (χ0n) is 16.6. The number of benzene rings is 1. The van der Waals surface area contributed by atoms with E-state index in [1.165, 1.54) is 6.08 Å². The molecular weight excluding hydrogens is 342 g/mol. The number of hydrogen-bond acceptors (Lipinski definition) is 4. The van der Waals surface area contributed by atoms with Crippen LogP contribution in [0.3, 0.4) is 0 Å². The molecule has 1 heterocycles. The first-order chi connectivity index (χ1) is 12.9. The normalized spacial score (nSPS) is 12.2. The molecule has 1 atom stereocenters. The fourth-order valence-electron chi connectivity index (χ4n) is 2.93. The highest BCUT2D eigenvalue weighted by Gasteiger charge is 2.27. The standard InChI is InChI=1S/C21H27N3O3/c1-6-24(7-2)21(26)20(17-11-9-8-10-12-17)27-19(25)14-13-18-15(3)22-23(5)16(18)4/h8-14,20H,6-7H2,1-5H3/b14-13+/t20-/m1/s1. The SMILES string of the molecule is CCN(CC)C(=O)[C@H](OC(=O)/C=C/c1c(C)nn(C)c1C)c1ccccc1. The number of aryl methyl sites for hydroxylation is 2. The Morgan fingerprint density at radius 1 is 1.19 bits per heavy atom. The lowest BCUT2D eigenvalue weighted by atomic mass is 10.1. The molecule has 0 saturated heterocycles. The van der Waals surface area contributed by atoms with E-state index in [2.05, 4.69) is 5.10 Å².